The van der Waals surface area contributed by atoms with E-state index in [-0.39, 0.29) is 36.7 Å². The van der Waals surface area contributed by atoms with Gasteiger partial charge in [-0.1, -0.05) is 37.1 Å². The molecule has 5 heteroatoms. The molecule has 1 aliphatic carbocycles. The van der Waals surface area contributed by atoms with E-state index in [4.69, 9.17) is 0 Å². The van der Waals surface area contributed by atoms with Crippen LogP contribution in [0.1, 0.15) is 52.8 Å². The van der Waals surface area contributed by atoms with Crippen molar-refractivity contribution in [2.24, 2.45) is 0 Å². The molecule has 1 fully saturated rings. The molecule has 5 nitrogen and oxygen atoms in total. The third-order valence-corrected chi connectivity index (χ3v) is 5.14. The molecule has 2 aromatic rings. The second kappa shape index (κ2) is 6.31. The first-order valence-electron chi connectivity index (χ1n) is 8.82. The van der Waals surface area contributed by atoms with Crippen molar-refractivity contribution in [2.75, 3.05) is 6.54 Å². The van der Waals surface area contributed by atoms with Crippen LogP contribution in [0.25, 0.3) is 10.8 Å². The highest BCUT2D eigenvalue weighted by atomic mass is 16.2. The molecule has 1 saturated carbocycles. The molecule has 128 valence electrons. The van der Waals surface area contributed by atoms with Crippen LogP contribution in [0.15, 0.2) is 36.4 Å². The van der Waals surface area contributed by atoms with Gasteiger partial charge in [-0.3, -0.25) is 19.3 Å². The zero-order chi connectivity index (χ0) is 17.4. The SMILES string of the molecule is O=C(CCN1C(=O)c2cccc3cccc(c23)C1=O)NC1CCCC1. The van der Waals surface area contributed by atoms with E-state index in [2.05, 4.69) is 5.32 Å². The molecule has 1 heterocycles. The van der Waals surface area contributed by atoms with Gasteiger partial charge >= 0.3 is 0 Å². The number of hydrogen-bond acceptors (Lipinski definition) is 3. The number of benzene rings is 2. The summed E-state index contributed by atoms with van der Waals surface area (Å²) in [5.41, 5.74) is 1.06. The maximum absolute atomic E-state index is 12.7. The number of carbonyl (C=O) groups is 3. The lowest BCUT2D eigenvalue weighted by molar-refractivity contribution is -0.121. The van der Waals surface area contributed by atoms with E-state index in [1.807, 2.05) is 24.3 Å². The number of rotatable bonds is 4. The topological polar surface area (TPSA) is 66.5 Å². The largest absolute Gasteiger partial charge is 0.353 e. The number of carbonyl (C=O) groups excluding carboxylic acids is 3. The lowest BCUT2D eigenvalue weighted by Gasteiger charge is -2.27. The van der Waals surface area contributed by atoms with Gasteiger partial charge in [0.2, 0.25) is 5.91 Å². The average Bonchev–Trinajstić information content (AvgIpc) is 3.12. The molecule has 0 radical (unpaired) electrons. The summed E-state index contributed by atoms with van der Waals surface area (Å²) in [5, 5.41) is 4.60. The van der Waals surface area contributed by atoms with Gasteiger partial charge in [0.15, 0.2) is 0 Å². The van der Waals surface area contributed by atoms with Crippen molar-refractivity contribution in [1.82, 2.24) is 10.2 Å². The Bertz CT molecular complexity index is 818. The summed E-state index contributed by atoms with van der Waals surface area (Å²) in [6.07, 6.45) is 4.47. The molecule has 0 bridgehead atoms. The minimum atomic E-state index is -0.317. The summed E-state index contributed by atoms with van der Waals surface area (Å²) in [6, 6.07) is 11.2. The van der Waals surface area contributed by atoms with E-state index in [9.17, 15) is 14.4 Å². The zero-order valence-electron chi connectivity index (χ0n) is 14.0. The Hall–Kier alpha value is -2.69. The van der Waals surface area contributed by atoms with Crippen LogP contribution in [0.3, 0.4) is 0 Å². The number of amides is 3. The summed E-state index contributed by atoms with van der Waals surface area (Å²) in [6.45, 7) is 0.112. The zero-order valence-corrected chi connectivity index (χ0v) is 14.0. The van der Waals surface area contributed by atoms with E-state index in [1.54, 1.807) is 12.1 Å². The van der Waals surface area contributed by atoms with Gasteiger partial charge in [-0.2, -0.15) is 0 Å². The van der Waals surface area contributed by atoms with Crippen LogP contribution in [0.2, 0.25) is 0 Å². The standard InChI is InChI=1S/C20H20N2O3/c23-17(21-14-7-1-2-8-14)11-12-22-19(24)15-9-3-5-13-6-4-10-16(18(13)15)20(22)25/h3-6,9-10,14H,1-2,7-8,11-12H2,(H,21,23). The van der Waals surface area contributed by atoms with Crippen LogP contribution in [0.4, 0.5) is 0 Å². The van der Waals surface area contributed by atoms with Gasteiger partial charge in [0.05, 0.1) is 0 Å². The van der Waals surface area contributed by atoms with E-state index in [0.29, 0.717) is 16.5 Å². The molecule has 3 amide bonds. The maximum atomic E-state index is 12.7. The van der Waals surface area contributed by atoms with Gasteiger partial charge in [-0.15, -0.1) is 0 Å². The minimum Gasteiger partial charge on any atom is -0.353 e. The number of nitrogens with one attached hydrogen (secondary N) is 1. The smallest absolute Gasteiger partial charge is 0.261 e. The predicted molar refractivity (Wildman–Crippen MR) is 94.3 cm³/mol. The number of hydrogen-bond donors (Lipinski definition) is 1. The van der Waals surface area contributed by atoms with Gasteiger partial charge in [0, 0.05) is 35.5 Å². The molecular weight excluding hydrogens is 316 g/mol. The maximum Gasteiger partial charge on any atom is 0.261 e. The molecule has 0 atom stereocenters. The van der Waals surface area contributed by atoms with Gasteiger partial charge in [0.25, 0.3) is 11.8 Å². The van der Waals surface area contributed by atoms with Gasteiger partial charge < -0.3 is 5.32 Å². The van der Waals surface area contributed by atoms with Crippen LogP contribution < -0.4 is 5.32 Å². The predicted octanol–water partition coefficient (Wildman–Crippen LogP) is 2.88. The van der Waals surface area contributed by atoms with Crippen molar-refractivity contribution in [3.05, 3.63) is 47.5 Å². The van der Waals surface area contributed by atoms with Crippen LogP contribution in [-0.2, 0) is 4.79 Å². The van der Waals surface area contributed by atoms with Crippen LogP contribution in [0.5, 0.6) is 0 Å². The average molecular weight is 336 g/mol. The molecule has 2 aromatic carbocycles. The quantitative estimate of drug-likeness (QED) is 0.873. The first kappa shape index (κ1) is 15.8. The molecule has 25 heavy (non-hydrogen) atoms. The molecular formula is C20H20N2O3. The van der Waals surface area contributed by atoms with Crippen molar-refractivity contribution >= 4 is 28.5 Å². The highest BCUT2D eigenvalue weighted by Gasteiger charge is 2.32. The summed E-state index contributed by atoms with van der Waals surface area (Å²) in [7, 11) is 0. The Balaban J connectivity index is 1.53. The fraction of sp³-hybridized carbons (Fsp3) is 0.350. The first-order valence-corrected chi connectivity index (χ1v) is 8.82. The monoisotopic (exact) mass is 336 g/mol. The molecule has 4 rings (SSSR count). The van der Waals surface area contributed by atoms with E-state index >= 15 is 0 Å². The summed E-state index contributed by atoms with van der Waals surface area (Å²) < 4.78 is 0. The molecule has 0 unspecified atom stereocenters. The molecule has 1 N–H and O–H groups in total. The van der Waals surface area contributed by atoms with Crippen LogP contribution in [-0.4, -0.2) is 35.2 Å². The normalized spacial score (nSPS) is 17.4. The van der Waals surface area contributed by atoms with Crippen molar-refractivity contribution in [2.45, 2.75) is 38.1 Å². The lowest BCUT2D eigenvalue weighted by Crippen LogP contribution is -2.43. The number of nitrogens with zero attached hydrogens (tertiary/aromatic N) is 1. The van der Waals surface area contributed by atoms with E-state index in [1.165, 1.54) is 4.90 Å². The van der Waals surface area contributed by atoms with Gasteiger partial charge in [0.1, 0.15) is 0 Å². The minimum absolute atomic E-state index is 0.0930. The van der Waals surface area contributed by atoms with Crippen molar-refractivity contribution in [1.29, 1.82) is 0 Å². The van der Waals surface area contributed by atoms with E-state index in [0.717, 1.165) is 31.1 Å². The van der Waals surface area contributed by atoms with Crippen molar-refractivity contribution in [3.63, 3.8) is 0 Å². The third-order valence-electron chi connectivity index (χ3n) is 5.14. The number of imide groups is 1. The molecule has 0 aromatic heterocycles. The van der Waals surface area contributed by atoms with Gasteiger partial charge in [-0.05, 0) is 30.4 Å². The summed E-state index contributed by atoms with van der Waals surface area (Å²) in [5.74, 6) is -0.726. The fourth-order valence-corrected chi connectivity index (χ4v) is 3.87. The Morgan fingerprint density at radius 1 is 1.00 bits per heavy atom. The second-order valence-corrected chi connectivity index (χ2v) is 6.77. The third kappa shape index (κ3) is 2.80. The summed E-state index contributed by atoms with van der Waals surface area (Å²) >= 11 is 0. The second-order valence-electron chi connectivity index (χ2n) is 6.77. The Kier molecular flexibility index (Phi) is 3.99. The van der Waals surface area contributed by atoms with Crippen molar-refractivity contribution in [3.8, 4) is 0 Å². The van der Waals surface area contributed by atoms with Crippen LogP contribution >= 0.6 is 0 Å². The Morgan fingerprint density at radius 2 is 1.60 bits per heavy atom. The summed E-state index contributed by atoms with van der Waals surface area (Å²) in [4.78, 5) is 38.8. The Morgan fingerprint density at radius 3 is 2.20 bits per heavy atom. The molecule has 1 aliphatic heterocycles. The molecule has 0 spiro atoms. The molecule has 2 aliphatic rings. The van der Waals surface area contributed by atoms with Gasteiger partial charge in [-0.25, -0.2) is 0 Å². The fourth-order valence-electron chi connectivity index (χ4n) is 3.87. The first-order chi connectivity index (χ1) is 12.1. The highest BCUT2D eigenvalue weighted by Crippen LogP contribution is 2.30. The Labute approximate surface area is 146 Å². The highest BCUT2D eigenvalue weighted by molar-refractivity contribution is 6.25. The van der Waals surface area contributed by atoms with Crippen LogP contribution in [0, 0.1) is 0 Å². The van der Waals surface area contributed by atoms with Crippen molar-refractivity contribution < 1.29 is 14.4 Å². The molecule has 0 saturated heterocycles. The lowest BCUT2D eigenvalue weighted by atomic mass is 9.94. The van der Waals surface area contributed by atoms with E-state index < -0.39 is 0 Å².